The molecule has 0 heterocycles. The number of carboxylic acid groups (broad SMARTS) is 1. The SMILES string of the molecule is CC(C)C[C@@H](NC(=O)C=Cc1cc(Cl)ccc1Cl)C(=O)O. The van der Waals surface area contributed by atoms with E-state index in [0.29, 0.717) is 22.0 Å². The van der Waals surface area contributed by atoms with Crippen LogP contribution in [0.4, 0.5) is 0 Å². The zero-order chi connectivity index (χ0) is 16.0. The Morgan fingerprint density at radius 2 is 2.00 bits per heavy atom. The van der Waals surface area contributed by atoms with Gasteiger partial charge in [0, 0.05) is 16.1 Å². The van der Waals surface area contributed by atoms with Crippen molar-refractivity contribution in [2.45, 2.75) is 26.3 Å². The Hall–Kier alpha value is -1.52. The van der Waals surface area contributed by atoms with E-state index < -0.39 is 17.9 Å². The Morgan fingerprint density at radius 3 is 2.57 bits per heavy atom. The molecule has 4 nitrogen and oxygen atoms in total. The molecule has 114 valence electrons. The highest BCUT2D eigenvalue weighted by Gasteiger charge is 2.19. The number of carbonyl (C=O) groups is 2. The van der Waals surface area contributed by atoms with Crippen molar-refractivity contribution >= 4 is 41.2 Å². The first-order valence-electron chi connectivity index (χ1n) is 6.46. The molecule has 1 aromatic rings. The highest BCUT2D eigenvalue weighted by atomic mass is 35.5. The molecular formula is C15H17Cl2NO3. The van der Waals surface area contributed by atoms with E-state index in [4.69, 9.17) is 28.3 Å². The lowest BCUT2D eigenvalue weighted by atomic mass is 10.0. The zero-order valence-electron chi connectivity index (χ0n) is 11.8. The average molecular weight is 330 g/mol. The number of nitrogens with one attached hydrogen (secondary N) is 1. The van der Waals surface area contributed by atoms with E-state index >= 15 is 0 Å². The van der Waals surface area contributed by atoms with Gasteiger partial charge in [0.05, 0.1) is 0 Å². The van der Waals surface area contributed by atoms with Crippen LogP contribution in [0.5, 0.6) is 0 Å². The second kappa shape index (κ2) is 8.05. The lowest BCUT2D eigenvalue weighted by molar-refractivity contribution is -0.141. The number of hydrogen-bond donors (Lipinski definition) is 2. The number of halogens is 2. The lowest BCUT2D eigenvalue weighted by Crippen LogP contribution is -2.40. The fourth-order valence-electron chi connectivity index (χ4n) is 1.72. The second-order valence-corrected chi connectivity index (χ2v) is 5.87. The molecule has 0 bridgehead atoms. The molecule has 1 rings (SSSR count). The summed E-state index contributed by atoms with van der Waals surface area (Å²) >= 11 is 11.8. The zero-order valence-corrected chi connectivity index (χ0v) is 13.3. The van der Waals surface area contributed by atoms with Crippen molar-refractivity contribution < 1.29 is 14.7 Å². The molecule has 0 aromatic heterocycles. The van der Waals surface area contributed by atoms with Gasteiger partial charge in [-0.1, -0.05) is 37.0 Å². The van der Waals surface area contributed by atoms with Gasteiger partial charge in [-0.05, 0) is 42.2 Å². The summed E-state index contributed by atoms with van der Waals surface area (Å²) in [6.45, 7) is 3.79. The Labute approximate surface area is 133 Å². The number of carbonyl (C=O) groups excluding carboxylic acids is 1. The van der Waals surface area contributed by atoms with Crippen molar-refractivity contribution in [2.75, 3.05) is 0 Å². The van der Waals surface area contributed by atoms with Crippen LogP contribution in [-0.2, 0) is 9.59 Å². The predicted molar refractivity (Wildman–Crippen MR) is 84.5 cm³/mol. The van der Waals surface area contributed by atoms with Crippen LogP contribution in [0.2, 0.25) is 10.0 Å². The highest BCUT2D eigenvalue weighted by Crippen LogP contribution is 2.21. The normalized spacial score (nSPS) is 12.6. The summed E-state index contributed by atoms with van der Waals surface area (Å²) in [4.78, 5) is 22.8. The molecule has 0 saturated heterocycles. The Morgan fingerprint density at radius 1 is 1.33 bits per heavy atom. The van der Waals surface area contributed by atoms with E-state index in [2.05, 4.69) is 5.32 Å². The largest absolute Gasteiger partial charge is 0.480 e. The van der Waals surface area contributed by atoms with E-state index in [0.717, 1.165) is 0 Å². The van der Waals surface area contributed by atoms with Crippen LogP contribution in [-0.4, -0.2) is 23.0 Å². The number of aliphatic carboxylic acids is 1. The van der Waals surface area contributed by atoms with Gasteiger partial charge in [-0.2, -0.15) is 0 Å². The van der Waals surface area contributed by atoms with E-state index in [-0.39, 0.29) is 5.92 Å². The molecule has 0 radical (unpaired) electrons. The molecule has 21 heavy (non-hydrogen) atoms. The summed E-state index contributed by atoms with van der Waals surface area (Å²) in [5.41, 5.74) is 0.593. The van der Waals surface area contributed by atoms with Gasteiger partial charge >= 0.3 is 5.97 Å². The summed E-state index contributed by atoms with van der Waals surface area (Å²) in [5, 5.41) is 12.5. The van der Waals surface area contributed by atoms with Crippen molar-refractivity contribution in [3.63, 3.8) is 0 Å². The number of benzene rings is 1. The highest BCUT2D eigenvalue weighted by molar-refractivity contribution is 6.34. The van der Waals surface area contributed by atoms with Crippen LogP contribution < -0.4 is 5.32 Å². The van der Waals surface area contributed by atoms with E-state index in [1.54, 1.807) is 18.2 Å². The third kappa shape index (κ3) is 6.19. The van der Waals surface area contributed by atoms with Crippen LogP contribution in [0.15, 0.2) is 24.3 Å². The van der Waals surface area contributed by atoms with E-state index in [1.807, 2.05) is 13.8 Å². The van der Waals surface area contributed by atoms with Crippen molar-refractivity contribution in [3.05, 3.63) is 39.9 Å². The van der Waals surface area contributed by atoms with Gasteiger partial charge in [0.1, 0.15) is 6.04 Å². The Kier molecular flexibility index (Phi) is 6.72. The molecular weight excluding hydrogens is 313 g/mol. The van der Waals surface area contributed by atoms with Gasteiger partial charge in [-0.25, -0.2) is 4.79 Å². The fraction of sp³-hybridized carbons (Fsp3) is 0.333. The summed E-state index contributed by atoms with van der Waals surface area (Å²) in [5.74, 6) is -1.37. The lowest BCUT2D eigenvalue weighted by Gasteiger charge is -2.15. The molecule has 1 aromatic carbocycles. The molecule has 0 unspecified atom stereocenters. The molecule has 0 spiro atoms. The first-order chi connectivity index (χ1) is 9.79. The molecule has 1 amide bonds. The van der Waals surface area contributed by atoms with Crippen molar-refractivity contribution in [1.29, 1.82) is 0 Å². The average Bonchev–Trinajstić information content (AvgIpc) is 2.38. The Balaban J connectivity index is 2.73. The molecule has 1 atom stereocenters. The van der Waals surface area contributed by atoms with Crippen molar-refractivity contribution in [3.8, 4) is 0 Å². The minimum absolute atomic E-state index is 0.165. The quantitative estimate of drug-likeness (QED) is 0.783. The summed E-state index contributed by atoms with van der Waals surface area (Å²) in [6, 6.07) is 3.98. The fourth-order valence-corrected chi connectivity index (χ4v) is 2.08. The Bertz CT molecular complexity index is 556. The van der Waals surface area contributed by atoms with Crippen molar-refractivity contribution in [2.24, 2.45) is 5.92 Å². The monoisotopic (exact) mass is 329 g/mol. The summed E-state index contributed by atoms with van der Waals surface area (Å²) < 4.78 is 0. The smallest absolute Gasteiger partial charge is 0.326 e. The number of rotatable bonds is 6. The third-order valence-corrected chi connectivity index (χ3v) is 3.27. The number of carboxylic acids is 1. The molecule has 0 aliphatic carbocycles. The topological polar surface area (TPSA) is 66.4 Å². The number of hydrogen-bond acceptors (Lipinski definition) is 2. The standard InChI is InChI=1S/C15H17Cl2NO3/c1-9(2)7-13(15(20)21)18-14(19)6-3-10-8-11(16)4-5-12(10)17/h3-6,8-9,13H,7H2,1-2H3,(H,18,19)(H,20,21)/t13-/m1/s1. The summed E-state index contributed by atoms with van der Waals surface area (Å²) in [6.07, 6.45) is 3.11. The maximum atomic E-state index is 11.8. The van der Waals surface area contributed by atoms with Crippen LogP contribution in [0, 0.1) is 5.92 Å². The van der Waals surface area contributed by atoms with Crippen LogP contribution in [0.1, 0.15) is 25.8 Å². The van der Waals surface area contributed by atoms with Gasteiger partial charge in [-0.3, -0.25) is 4.79 Å². The van der Waals surface area contributed by atoms with Crippen LogP contribution in [0.3, 0.4) is 0 Å². The second-order valence-electron chi connectivity index (χ2n) is 5.03. The van der Waals surface area contributed by atoms with Gasteiger partial charge in [0.25, 0.3) is 0 Å². The van der Waals surface area contributed by atoms with Gasteiger partial charge in [0.2, 0.25) is 5.91 Å². The maximum absolute atomic E-state index is 11.8. The molecule has 0 fully saturated rings. The van der Waals surface area contributed by atoms with E-state index in [1.165, 1.54) is 12.2 Å². The minimum Gasteiger partial charge on any atom is -0.480 e. The van der Waals surface area contributed by atoms with Crippen molar-refractivity contribution in [1.82, 2.24) is 5.32 Å². The van der Waals surface area contributed by atoms with Gasteiger partial charge < -0.3 is 10.4 Å². The molecule has 0 aliphatic heterocycles. The maximum Gasteiger partial charge on any atom is 0.326 e. The number of amides is 1. The molecule has 0 saturated carbocycles. The van der Waals surface area contributed by atoms with Gasteiger partial charge in [0.15, 0.2) is 0 Å². The predicted octanol–water partition coefficient (Wildman–Crippen LogP) is 3.62. The summed E-state index contributed by atoms with van der Waals surface area (Å²) in [7, 11) is 0. The first-order valence-corrected chi connectivity index (χ1v) is 7.21. The molecule has 6 heteroatoms. The van der Waals surface area contributed by atoms with Crippen LogP contribution >= 0.6 is 23.2 Å². The molecule has 0 aliphatic rings. The van der Waals surface area contributed by atoms with E-state index in [9.17, 15) is 9.59 Å². The van der Waals surface area contributed by atoms with Crippen LogP contribution in [0.25, 0.3) is 6.08 Å². The minimum atomic E-state index is -1.05. The van der Waals surface area contributed by atoms with Gasteiger partial charge in [-0.15, -0.1) is 0 Å². The first kappa shape index (κ1) is 17.5. The molecule has 2 N–H and O–H groups in total. The third-order valence-electron chi connectivity index (χ3n) is 2.69.